The van der Waals surface area contributed by atoms with Crippen molar-refractivity contribution in [3.8, 4) is 11.5 Å². The van der Waals surface area contributed by atoms with E-state index in [-0.39, 0.29) is 5.91 Å². The summed E-state index contributed by atoms with van der Waals surface area (Å²) in [6.45, 7) is 9.79. The van der Waals surface area contributed by atoms with Crippen LogP contribution in [0.5, 0.6) is 11.5 Å². The summed E-state index contributed by atoms with van der Waals surface area (Å²) in [6, 6.07) is 5.60. The third kappa shape index (κ3) is 5.74. The molecule has 6 nitrogen and oxygen atoms in total. The first kappa shape index (κ1) is 20.8. The Hall–Kier alpha value is -2.50. The fourth-order valence-corrected chi connectivity index (χ4v) is 3.12. The van der Waals surface area contributed by atoms with Crippen LogP contribution in [0.15, 0.2) is 18.2 Å². The molecule has 0 radical (unpaired) electrons. The number of benzene rings is 1. The zero-order chi connectivity index (χ0) is 20.0. The second-order valence-corrected chi connectivity index (χ2v) is 7.22. The van der Waals surface area contributed by atoms with Gasteiger partial charge in [-0.25, -0.2) is 0 Å². The second kappa shape index (κ2) is 9.44. The number of hydrogen-bond acceptors (Lipinski definition) is 4. The van der Waals surface area contributed by atoms with Gasteiger partial charge in [0.2, 0.25) is 5.91 Å². The number of nitrogens with one attached hydrogen (secondary N) is 1. The van der Waals surface area contributed by atoms with Gasteiger partial charge in [0.15, 0.2) is 0 Å². The minimum atomic E-state index is 0.0206. The Bertz CT molecular complexity index is 759. The zero-order valence-corrected chi connectivity index (χ0v) is 17.3. The molecule has 0 saturated carbocycles. The molecule has 1 heterocycles. The maximum absolute atomic E-state index is 12.3. The molecular weight excluding hydrogens is 342 g/mol. The Morgan fingerprint density at radius 3 is 2.33 bits per heavy atom. The second-order valence-electron chi connectivity index (χ2n) is 7.22. The smallest absolute Gasteiger partial charge is 0.220 e. The van der Waals surface area contributed by atoms with E-state index in [1.165, 1.54) is 5.56 Å². The van der Waals surface area contributed by atoms with Gasteiger partial charge in [0.05, 0.1) is 19.9 Å². The predicted octanol–water partition coefficient (Wildman–Crippen LogP) is 3.42. The first-order valence-electron chi connectivity index (χ1n) is 9.35. The molecule has 0 bridgehead atoms. The van der Waals surface area contributed by atoms with E-state index < -0.39 is 0 Å². The molecule has 1 N–H and O–H groups in total. The number of rotatable bonds is 9. The van der Waals surface area contributed by atoms with Crippen LogP contribution >= 0.6 is 0 Å². The average Bonchev–Trinajstić information content (AvgIpc) is 2.90. The van der Waals surface area contributed by atoms with Gasteiger partial charge < -0.3 is 14.8 Å². The number of carbonyl (C=O) groups is 1. The van der Waals surface area contributed by atoms with Crippen molar-refractivity contribution >= 4 is 5.91 Å². The molecule has 0 spiro atoms. The van der Waals surface area contributed by atoms with E-state index >= 15 is 0 Å². The summed E-state index contributed by atoms with van der Waals surface area (Å²) in [5.74, 6) is 1.98. The lowest BCUT2D eigenvalue weighted by Crippen LogP contribution is -2.23. The van der Waals surface area contributed by atoms with Crippen LogP contribution < -0.4 is 14.8 Å². The number of methoxy groups -OCH3 is 2. The van der Waals surface area contributed by atoms with E-state index in [1.807, 2.05) is 25.1 Å². The highest BCUT2D eigenvalue weighted by atomic mass is 16.5. The molecule has 0 unspecified atom stereocenters. The zero-order valence-electron chi connectivity index (χ0n) is 17.3. The Kier molecular flexibility index (Phi) is 7.28. The van der Waals surface area contributed by atoms with Crippen LogP contribution in [-0.2, 0) is 24.3 Å². The fraction of sp³-hybridized carbons (Fsp3) is 0.524. The molecule has 1 aromatic carbocycles. The van der Waals surface area contributed by atoms with Crippen LogP contribution in [0.25, 0.3) is 0 Å². The van der Waals surface area contributed by atoms with Crippen molar-refractivity contribution in [1.29, 1.82) is 0 Å². The maximum Gasteiger partial charge on any atom is 0.220 e. The van der Waals surface area contributed by atoms with Crippen LogP contribution in [-0.4, -0.2) is 29.9 Å². The van der Waals surface area contributed by atoms with Crippen molar-refractivity contribution in [2.75, 3.05) is 14.2 Å². The molecule has 0 atom stereocenters. The highest BCUT2D eigenvalue weighted by Crippen LogP contribution is 2.22. The Morgan fingerprint density at radius 2 is 1.78 bits per heavy atom. The van der Waals surface area contributed by atoms with E-state index in [1.54, 1.807) is 14.2 Å². The van der Waals surface area contributed by atoms with Crippen LogP contribution in [0.2, 0.25) is 0 Å². The van der Waals surface area contributed by atoms with Gasteiger partial charge in [0, 0.05) is 31.3 Å². The lowest BCUT2D eigenvalue weighted by molar-refractivity contribution is -0.121. The van der Waals surface area contributed by atoms with E-state index in [2.05, 4.69) is 35.9 Å². The molecule has 27 heavy (non-hydrogen) atoms. The normalized spacial score (nSPS) is 10.9. The molecule has 6 heteroatoms. The van der Waals surface area contributed by atoms with E-state index in [4.69, 9.17) is 9.47 Å². The summed E-state index contributed by atoms with van der Waals surface area (Å²) in [5, 5.41) is 7.59. The number of carbonyl (C=O) groups excluding carboxylic acids is 1. The van der Waals surface area contributed by atoms with E-state index in [0.717, 1.165) is 23.5 Å². The number of hydrogen-bond donors (Lipinski definition) is 1. The van der Waals surface area contributed by atoms with Gasteiger partial charge in [-0.05, 0) is 49.4 Å². The standard InChI is InChI=1S/C21H31N3O3/c1-14(2)13-24-16(4)20(15(3)23-24)7-8-21(25)22-12-17-9-18(26-5)11-19(10-17)27-6/h9-11,14H,7-8,12-13H2,1-6H3,(H,22,25). The molecule has 1 amide bonds. The van der Waals surface area contributed by atoms with Crippen molar-refractivity contribution < 1.29 is 14.3 Å². The molecule has 0 fully saturated rings. The summed E-state index contributed by atoms with van der Waals surface area (Å²) in [5.41, 5.74) is 4.29. The lowest BCUT2D eigenvalue weighted by Gasteiger charge is -2.10. The molecule has 0 aliphatic rings. The third-order valence-electron chi connectivity index (χ3n) is 4.57. The summed E-state index contributed by atoms with van der Waals surface area (Å²) < 4.78 is 12.6. The molecule has 148 valence electrons. The molecule has 1 aromatic heterocycles. The lowest BCUT2D eigenvalue weighted by atomic mass is 10.1. The van der Waals surface area contributed by atoms with Crippen LogP contribution in [0.1, 0.15) is 42.8 Å². The number of ether oxygens (including phenoxy) is 2. The topological polar surface area (TPSA) is 65.4 Å². The van der Waals surface area contributed by atoms with E-state index in [0.29, 0.717) is 36.8 Å². The van der Waals surface area contributed by atoms with Gasteiger partial charge in [-0.3, -0.25) is 9.48 Å². The summed E-state index contributed by atoms with van der Waals surface area (Å²) >= 11 is 0. The number of nitrogens with zero attached hydrogens (tertiary/aromatic N) is 2. The van der Waals surface area contributed by atoms with Gasteiger partial charge in [0.25, 0.3) is 0 Å². The summed E-state index contributed by atoms with van der Waals surface area (Å²) in [7, 11) is 3.22. The van der Waals surface area contributed by atoms with E-state index in [9.17, 15) is 4.79 Å². The van der Waals surface area contributed by atoms with Gasteiger partial charge >= 0.3 is 0 Å². The largest absolute Gasteiger partial charge is 0.497 e. The highest BCUT2D eigenvalue weighted by molar-refractivity contribution is 5.76. The van der Waals surface area contributed by atoms with Crippen molar-refractivity contribution in [3.05, 3.63) is 40.7 Å². The fourth-order valence-electron chi connectivity index (χ4n) is 3.12. The van der Waals surface area contributed by atoms with Gasteiger partial charge in [-0.1, -0.05) is 13.8 Å². The first-order valence-corrected chi connectivity index (χ1v) is 9.35. The minimum Gasteiger partial charge on any atom is -0.497 e. The van der Waals surface area contributed by atoms with Gasteiger partial charge in [-0.15, -0.1) is 0 Å². The first-order chi connectivity index (χ1) is 12.8. The number of amides is 1. The molecule has 2 aromatic rings. The van der Waals surface area contributed by atoms with Gasteiger partial charge in [0.1, 0.15) is 11.5 Å². The Balaban J connectivity index is 1.93. The van der Waals surface area contributed by atoms with Crippen LogP contribution in [0, 0.1) is 19.8 Å². The highest BCUT2D eigenvalue weighted by Gasteiger charge is 2.14. The quantitative estimate of drug-likeness (QED) is 0.731. The maximum atomic E-state index is 12.3. The molecule has 0 saturated heterocycles. The number of aryl methyl sites for hydroxylation is 1. The predicted molar refractivity (Wildman–Crippen MR) is 106 cm³/mol. The average molecular weight is 373 g/mol. The summed E-state index contributed by atoms with van der Waals surface area (Å²) in [4.78, 5) is 12.3. The molecule has 2 rings (SSSR count). The summed E-state index contributed by atoms with van der Waals surface area (Å²) in [6.07, 6.45) is 1.14. The van der Waals surface area contributed by atoms with Crippen molar-refractivity contribution in [2.24, 2.45) is 5.92 Å². The third-order valence-corrected chi connectivity index (χ3v) is 4.57. The van der Waals surface area contributed by atoms with Crippen molar-refractivity contribution in [2.45, 2.75) is 53.6 Å². The monoisotopic (exact) mass is 373 g/mol. The number of aromatic nitrogens is 2. The van der Waals surface area contributed by atoms with Crippen molar-refractivity contribution in [3.63, 3.8) is 0 Å². The Morgan fingerprint density at radius 1 is 1.15 bits per heavy atom. The molecular formula is C21H31N3O3. The Labute approximate surface area is 161 Å². The van der Waals surface area contributed by atoms with Crippen molar-refractivity contribution in [1.82, 2.24) is 15.1 Å². The SMILES string of the molecule is COc1cc(CNC(=O)CCc2c(C)nn(CC(C)C)c2C)cc(OC)c1. The molecule has 0 aliphatic carbocycles. The molecule has 0 aliphatic heterocycles. The van der Waals surface area contributed by atoms with Crippen LogP contribution in [0.3, 0.4) is 0 Å². The van der Waals surface area contributed by atoms with Gasteiger partial charge in [-0.2, -0.15) is 5.10 Å². The van der Waals surface area contributed by atoms with Crippen LogP contribution in [0.4, 0.5) is 0 Å². The minimum absolute atomic E-state index is 0.0206.